The van der Waals surface area contributed by atoms with Crippen LogP contribution in [0.3, 0.4) is 0 Å². The number of aliphatic imine (C=N–C) groups is 2. The van der Waals surface area contributed by atoms with Crippen LogP contribution in [0.5, 0.6) is 0 Å². The number of nitrogens with one attached hydrogen (secondary N) is 1. The monoisotopic (exact) mass is 221 g/mol. The van der Waals surface area contributed by atoms with Crippen LogP contribution < -0.4 is 5.32 Å². The second-order valence-corrected chi connectivity index (χ2v) is 3.28. The fraction of sp³-hybridized carbons (Fsp3) is 0.300. The average molecular weight is 221 g/mol. The number of furan rings is 1. The normalized spacial score (nSPS) is 22.4. The molecule has 2 N–H and O–H groups in total. The van der Waals surface area contributed by atoms with Gasteiger partial charge >= 0.3 is 6.03 Å². The van der Waals surface area contributed by atoms with Gasteiger partial charge in [0.1, 0.15) is 11.6 Å². The van der Waals surface area contributed by atoms with E-state index in [1.165, 1.54) is 6.21 Å². The Labute approximate surface area is 91.7 Å². The molecule has 0 radical (unpaired) electrons. The summed E-state index contributed by atoms with van der Waals surface area (Å²) in [7, 11) is 0. The number of carbonyl (C=O) groups is 1. The summed E-state index contributed by atoms with van der Waals surface area (Å²) < 4.78 is 5.10. The summed E-state index contributed by atoms with van der Waals surface area (Å²) in [5.41, 5.74) is 0. The molecule has 6 nitrogen and oxygen atoms in total. The number of urea groups is 1. The van der Waals surface area contributed by atoms with Gasteiger partial charge in [0.25, 0.3) is 0 Å². The van der Waals surface area contributed by atoms with Crippen LogP contribution in [-0.4, -0.2) is 29.8 Å². The molecule has 1 atom stereocenters. The predicted octanol–water partition coefficient (Wildman–Crippen LogP) is 0.581. The molecule has 1 aromatic heterocycles. The first-order valence-electron chi connectivity index (χ1n) is 4.82. The first-order chi connectivity index (χ1) is 7.79. The number of aliphatic hydroxyl groups excluding tert-OH is 1. The highest BCUT2D eigenvalue weighted by Gasteiger charge is 2.20. The largest absolute Gasteiger partial charge is 0.467 e. The second kappa shape index (κ2) is 4.71. The van der Waals surface area contributed by atoms with Crippen molar-refractivity contribution < 1.29 is 14.3 Å². The van der Waals surface area contributed by atoms with Crippen molar-refractivity contribution in [2.75, 3.05) is 6.61 Å². The van der Waals surface area contributed by atoms with Crippen LogP contribution in [-0.2, 0) is 6.54 Å². The molecule has 1 aliphatic heterocycles. The first-order valence-corrected chi connectivity index (χ1v) is 4.82. The summed E-state index contributed by atoms with van der Waals surface area (Å²) in [6.07, 6.45) is 2.94. The Balaban J connectivity index is 2.09. The van der Waals surface area contributed by atoms with Crippen LogP contribution in [0.2, 0.25) is 0 Å². The van der Waals surface area contributed by atoms with Crippen LogP contribution >= 0.6 is 0 Å². The topological polar surface area (TPSA) is 87.2 Å². The molecule has 0 saturated heterocycles. The Morgan fingerprint density at radius 2 is 2.50 bits per heavy atom. The number of hydrogen-bond donors (Lipinski definition) is 2. The van der Waals surface area contributed by atoms with E-state index in [-0.39, 0.29) is 12.5 Å². The SMILES string of the molecule is O=C1N=CC(CO)C(=NCc2ccco2)N1. The summed E-state index contributed by atoms with van der Waals surface area (Å²) >= 11 is 0. The average Bonchev–Trinajstić information content (AvgIpc) is 2.79. The van der Waals surface area contributed by atoms with Crippen molar-refractivity contribution in [3.8, 4) is 0 Å². The molecule has 0 aromatic carbocycles. The zero-order valence-electron chi connectivity index (χ0n) is 8.46. The lowest BCUT2D eigenvalue weighted by Gasteiger charge is -2.16. The maximum Gasteiger partial charge on any atom is 0.345 e. The van der Waals surface area contributed by atoms with Crippen molar-refractivity contribution in [2.45, 2.75) is 6.54 Å². The molecular weight excluding hydrogens is 210 g/mol. The minimum atomic E-state index is -0.470. The Bertz CT molecular complexity index is 423. The fourth-order valence-electron chi connectivity index (χ4n) is 1.32. The summed E-state index contributed by atoms with van der Waals surface area (Å²) in [4.78, 5) is 18.7. The van der Waals surface area contributed by atoms with Gasteiger partial charge in [0.05, 0.1) is 25.3 Å². The van der Waals surface area contributed by atoms with Crippen molar-refractivity contribution in [1.29, 1.82) is 0 Å². The van der Waals surface area contributed by atoms with Gasteiger partial charge in [0.2, 0.25) is 0 Å². The van der Waals surface area contributed by atoms with Gasteiger partial charge in [-0.1, -0.05) is 0 Å². The molecule has 1 aliphatic rings. The van der Waals surface area contributed by atoms with E-state index in [1.54, 1.807) is 18.4 Å². The van der Waals surface area contributed by atoms with Crippen LogP contribution in [0.1, 0.15) is 5.76 Å². The molecule has 2 amide bonds. The zero-order chi connectivity index (χ0) is 11.4. The maximum atomic E-state index is 11.0. The van der Waals surface area contributed by atoms with Crippen molar-refractivity contribution >= 4 is 18.1 Å². The summed E-state index contributed by atoms with van der Waals surface area (Å²) in [5.74, 6) is 0.757. The van der Waals surface area contributed by atoms with E-state index in [4.69, 9.17) is 9.52 Å². The summed E-state index contributed by atoms with van der Waals surface area (Å²) in [6, 6.07) is 3.08. The number of nitrogens with zero attached hydrogens (tertiary/aromatic N) is 2. The Hall–Kier alpha value is -1.95. The van der Waals surface area contributed by atoms with Crippen LogP contribution in [0.4, 0.5) is 4.79 Å². The Kier molecular flexibility index (Phi) is 3.11. The summed E-state index contributed by atoms with van der Waals surface area (Å²) in [6.45, 7) is 0.188. The van der Waals surface area contributed by atoms with Gasteiger partial charge in [-0.2, -0.15) is 0 Å². The number of amides is 2. The molecule has 84 valence electrons. The highest BCUT2D eigenvalue weighted by molar-refractivity contribution is 6.11. The molecule has 0 bridgehead atoms. The molecule has 0 saturated carbocycles. The molecule has 1 aromatic rings. The van der Waals surface area contributed by atoms with Crippen molar-refractivity contribution in [3.63, 3.8) is 0 Å². The fourth-order valence-corrected chi connectivity index (χ4v) is 1.32. The molecule has 1 unspecified atom stereocenters. The third kappa shape index (κ3) is 2.34. The molecule has 0 aliphatic carbocycles. The minimum absolute atomic E-state index is 0.138. The smallest absolute Gasteiger partial charge is 0.345 e. The molecule has 6 heteroatoms. The molecular formula is C10H11N3O3. The van der Waals surface area contributed by atoms with E-state index in [1.807, 2.05) is 0 Å². The van der Waals surface area contributed by atoms with Gasteiger partial charge in [0, 0.05) is 6.21 Å². The maximum absolute atomic E-state index is 11.0. The molecule has 2 heterocycles. The van der Waals surface area contributed by atoms with E-state index in [9.17, 15) is 4.79 Å². The highest BCUT2D eigenvalue weighted by atomic mass is 16.3. The first kappa shape index (κ1) is 10.6. The lowest BCUT2D eigenvalue weighted by molar-refractivity contribution is 0.250. The van der Waals surface area contributed by atoms with Crippen molar-refractivity contribution in [2.24, 2.45) is 15.9 Å². The van der Waals surface area contributed by atoms with Gasteiger partial charge in [-0.05, 0) is 12.1 Å². The van der Waals surface area contributed by atoms with Crippen molar-refractivity contribution in [3.05, 3.63) is 24.2 Å². The van der Waals surface area contributed by atoms with Gasteiger partial charge in [0.15, 0.2) is 0 Å². The van der Waals surface area contributed by atoms with E-state index < -0.39 is 6.03 Å². The highest BCUT2D eigenvalue weighted by Crippen LogP contribution is 2.05. The summed E-state index contributed by atoms with van der Waals surface area (Å²) in [5, 5.41) is 11.5. The van der Waals surface area contributed by atoms with Gasteiger partial charge in [-0.25, -0.2) is 9.79 Å². The third-order valence-electron chi connectivity index (χ3n) is 2.14. The number of amidine groups is 1. The van der Waals surface area contributed by atoms with E-state index in [2.05, 4.69) is 15.3 Å². The van der Waals surface area contributed by atoms with E-state index in [0.717, 1.165) is 0 Å². The molecule has 0 fully saturated rings. The molecule has 2 rings (SSSR count). The Morgan fingerprint density at radius 1 is 1.62 bits per heavy atom. The van der Waals surface area contributed by atoms with Gasteiger partial charge in [-0.15, -0.1) is 0 Å². The lowest BCUT2D eigenvalue weighted by Crippen LogP contribution is -2.40. The van der Waals surface area contributed by atoms with E-state index in [0.29, 0.717) is 18.1 Å². The molecule has 0 spiro atoms. The number of aliphatic hydroxyl groups is 1. The molecule has 16 heavy (non-hydrogen) atoms. The standard InChI is InChI=1S/C10H11N3O3/c14-6-7-4-12-10(15)13-9(7)11-5-8-2-1-3-16-8/h1-4,7,14H,5-6H2,(H,11,13,15). The number of carbonyl (C=O) groups excluding carboxylic acids is 1. The quantitative estimate of drug-likeness (QED) is 0.782. The van der Waals surface area contributed by atoms with E-state index >= 15 is 0 Å². The van der Waals surface area contributed by atoms with Gasteiger partial charge in [-0.3, -0.25) is 10.3 Å². The minimum Gasteiger partial charge on any atom is -0.467 e. The second-order valence-electron chi connectivity index (χ2n) is 3.28. The number of hydrogen-bond acceptors (Lipinski definition) is 4. The lowest BCUT2D eigenvalue weighted by atomic mass is 10.1. The van der Waals surface area contributed by atoms with Gasteiger partial charge < -0.3 is 9.52 Å². The van der Waals surface area contributed by atoms with Crippen LogP contribution in [0.25, 0.3) is 0 Å². The van der Waals surface area contributed by atoms with Crippen molar-refractivity contribution in [1.82, 2.24) is 5.32 Å². The van der Waals surface area contributed by atoms with Crippen LogP contribution in [0, 0.1) is 5.92 Å². The number of rotatable bonds is 3. The van der Waals surface area contributed by atoms with Crippen LogP contribution in [0.15, 0.2) is 32.8 Å². The Morgan fingerprint density at radius 3 is 3.19 bits per heavy atom. The zero-order valence-corrected chi connectivity index (χ0v) is 8.46. The predicted molar refractivity (Wildman–Crippen MR) is 57.4 cm³/mol. The third-order valence-corrected chi connectivity index (χ3v) is 2.14.